The summed E-state index contributed by atoms with van der Waals surface area (Å²) in [6.45, 7) is 5.15. The molecule has 2 aromatic rings. The van der Waals surface area contributed by atoms with Crippen LogP contribution in [0, 0.1) is 12.7 Å². The Morgan fingerprint density at radius 1 is 1.17 bits per heavy atom. The highest BCUT2D eigenvalue weighted by Gasteiger charge is 2.42. The van der Waals surface area contributed by atoms with Crippen LogP contribution < -0.4 is 9.64 Å². The summed E-state index contributed by atoms with van der Waals surface area (Å²) in [6, 6.07) is 12.5. The van der Waals surface area contributed by atoms with Crippen molar-refractivity contribution in [2.24, 2.45) is 0 Å². The number of hydrogen-bond donors (Lipinski definition) is 0. The Bertz CT molecular complexity index is 893. The fraction of sp³-hybridized carbons (Fsp3) is 0.435. The molecule has 1 amide bonds. The van der Waals surface area contributed by atoms with Gasteiger partial charge in [0.2, 0.25) is 0 Å². The summed E-state index contributed by atoms with van der Waals surface area (Å²) in [7, 11) is 1.71. The smallest absolute Gasteiger partial charge is 0.253 e. The number of likely N-dealkylation sites (tertiary alicyclic amines) is 1. The van der Waals surface area contributed by atoms with E-state index in [-0.39, 0.29) is 23.9 Å². The predicted octanol–water partition coefficient (Wildman–Crippen LogP) is 3.54. The van der Waals surface area contributed by atoms with Gasteiger partial charge in [0.05, 0.1) is 19.3 Å². The van der Waals surface area contributed by atoms with Crippen LogP contribution in [-0.4, -0.2) is 49.8 Å². The van der Waals surface area contributed by atoms with Crippen molar-refractivity contribution in [2.45, 2.75) is 31.9 Å². The molecule has 29 heavy (non-hydrogen) atoms. The summed E-state index contributed by atoms with van der Waals surface area (Å²) >= 11 is 0. The number of nitrogens with zero attached hydrogens (tertiary/aromatic N) is 2. The van der Waals surface area contributed by atoms with E-state index in [9.17, 15) is 9.18 Å². The van der Waals surface area contributed by atoms with Crippen molar-refractivity contribution in [2.75, 3.05) is 38.3 Å². The van der Waals surface area contributed by atoms with Gasteiger partial charge in [0.1, 0.15) is 18.2 Å². The summed E-state index contributed by atoms with van der Waals surface area (Å²) in [5, 5.41) is 0. The number of piperidine rings is 1. The molecular weight excluding hydrogens is 371 g/mol. The highest BCUT2D eigenvalue weighted by molar-refractivity contribution is 5.95. The number of anilines is 1. The quantitative estimate of drug-likeness (QED) is 0.790. The summed E-state index contributed by atoms with van der Waals surface area (Å²) in [5.41, 5.74) is 2.59. The van der Waals surface area contributed by atoms with Gasteiger partial charge in [0.25, 0.3) is 5.91 Å². The van der Waals surface area contributed by atoms with E-state index in [4.69, 9.17) is 9.47 Å². The van der Waals surface area contributed by atoms with Crippen LogP contribution in [0.2, 0.25) is 0 Å². The van der Waals surface area contributed by atoms with Crippen molar-refractivity contribution < 1.29 is 18.7 Å². The topological polar surface area (TPSA) is 42.0 Å². The summed E-state index contributed by atoms with van der Waals surface area (Å²) in [6.07, 6.45) is 1.67. The molecule has 0 unspecified atom stereocenters. The predicted molar refractivity (Wildman–Crippen MR) is 110 cm³/mol. The van der Waals surface area contributed by atoms with Crippen LogP contribution in [-0.2, 0) is 16.1 Å². The van der Waals surface area contributed by atoms with E-state index in [1.807, 2.05) is 0 Å². The standard InChI is InChI=1S/C23H27FN2O3/c1-17-6-7-18(21(12-17)28-2)14-25-10-8-23(9-11-25)16-26(22(27)15-29-23)20-5-3-4-19(24)13-20/h3-7,12-13H,8-11,14-16H2,1-2H3. The first kappa shape index (κ1) is 19.9. The van der Waals surface area contributed by atoms with Crippen molar-refractivity contribution in [3.8, 4) is 5.75 Å². The van der Waals surface area contributed by atoms with E-state index >= 15 is 0 Å². The molecule has 0 aromatic heterocycles. The zero-order chi connectivity index (χ0) is 20.4. The maximum Gasteiger partial charge on any atom is 0.253 e. The van der Waals surface area contributed by atoms with Crippen LogP contribution in [0.3, 0.4) is 0 Å². The number of aryl methyl sites for hydroxylation is 1. The second-order valence-electron chi connectivity index (χ2n) is 8.02. The van der Waals surface area contributed by atoms with Gasteiger partial charge in [-0.1, -0.05) is 18.2 Å². The van der Waals surface area contributed by atoms with Crippen LogP contribution in [0.1, 0.15) is 24.0 Å². The molecule has 1 spiro atoms. The molecule has 6 heteroatoms. The van der Waals surface area contributed by atoms with Crippen molar-refractivity contribution in [3.05, 3.63) is 59.4 Å². The van der Waals surface area contributed by atoms with Gasteiger partial charge in [-0.05, 0) is 49.6 Å². The van der Waals surface area contributed by atoms with E-state index in [0.29, 0.717) is 12.2 Å². The molecule has 0 bridgehead atoms. The summed E-state index contributed by atoms with van der Waals surface area (Å²) in [4.78, 5) is 16.5. The van der Waals surface area contributed by atoms with E-state index in [0.717, 1.165) is 38.2 Å². The highest BCUT2D eigenvalue weighted by atomic mass is 19.1. The zero-order valence-electron chi connectivity index (χ0n) is 17.0. The molecule has 0 N–H and O–H groups in total. The number of rotatable bonds is 4. The Kier molecular flexibility index (Phi) is 5.56. The van der Waals surface area contributed by atoms with Gasteiger partial charge in [0.15, 0.2) is 0 Å². The molecule has 2 fully saturated rings. The first-order valence-corrected chi connectivity index (χ1v) is 10.0. The molecule has 2 aromatic carbocycles. The third kappa shape index (κ3) is 4.28. The maximum absolute atomic E-state index is 13.6. The van der Waals surface area contributed by atoms with Gasteiger partial charge in [-0.15, -0.1) is 0 Å². The SMILES string of the molecule is COc1cc(C)ccc1CN1CCC2(CC1)CN(c1cccc(F)c1)C(=O)CO2. The molecule has 0 radical (unpaired) electrons. The lowest BCUT2D eigenvalue weighted by molar-refractivity contribution is -0.145. The second-order valence-corrected chi connectivity index (χ2v) is 8.02. The van der Waals surface area contributed by atoms with E-state index < -0.39 is 0 Å². The molecule has 0 saturated carbocycles. The van der Waals surface area contributed by atoms with Crippen molar-refractivity contribution in [3.63, 3.8) is 0 Å². The van der Waals surface area contributed by atoms with Gasteiger partial charge in [-0.3, -0.25) is 9.69 Å². The van der Waals surface area contributed by atoms with Crippen molar-refractivity contribution in [1.82, 2.24) is 4.90 Å². The molecule has 2 aliphatic rings. The van der Waals surface area contributed by atoms with E-state index in [1.54, 1.807) is 24.1 Å². The van der Waals surface area contributed by atoms with Crippen LogP contribution >= 0.6 is 0 Å². The monoisotopic (exact) mass is 398 g/mol. The van der Waals surface area contributed by atoms with Crippen LogP contribution in [0.4, 0.5) is 10.1 Å². The average molecular weight is 398 g/mol. The number of halogens is 1. The molecule has 5 nitrogen and oxygen atoms in total. The van der Waals surface area contributed by atoms with Gasteiger partial charge >= 0.3 is 0 Å². The number of ether oxygens (including phenoxy) is 2. The molecule has 154 valence electrons. The fourth-order valence-corrected chi connectivity index (χ4v) is 4.24. The Balaban J connectivity index is 1.42. The molecule has 2 heterocycles. The zero-order valence-corrected chi connectivity index (χ0v) is 17.0. The van der Waals surface area contributed by atoms with Crippen LogP contribution in [0.25, 0.3) is 0 Å². The molecule has 0 atom stereocenters. The number of hydrogen-bond acceptors (Lipinski definition) is 4. The Labute approximate surface area is 171 Å². The fourth-order valence-electron chi connectivity index (χ4n) is 4.24. The second kappa shape index (κ2) is 8.13. The number of morpholine rings is 1. The highest BCUT2D eigenvalue weighted by Crippen LogP contribution is 2.34. The maximum atomic E-state index is 13.6. The lowest BCUT2D eigenvalue weighted by Crippen LogP contribution is -2.58. The molecule has 4 rings (SSSR count). The molecular formula is C23H27FN2O3. The third-order valence-electron chi connectivity index (χ3n) is 5.97. The Hall–Kier alpha value is -2.44. The number of amides is 1. The lowest BCUT2D eigenvalue weighted by atomic mass is 9.88. The van der Waals surface area contributed by atoms with E-state index in [2.05, 4.69) is 30.0 Å². The summed E-state index contributed by atoms with van der Waals surface area (Å²) < 4.78 is 25.2. The van der Waals surface area contributed by atoms with Gasteiger partial charge in [0, 0.05) is 30.9 Å². The molecule has 2 saturated heterocycles. The van der Waals surface area contributed by atoms with Gasteiger partial charge < -0.3 is 14.4 Å². The van der Waals surface area contributed by atoms with Crippen LogP contribution in [0.15, 0.2) is 42.5 Å². The number of carbonyl (C=O) groups excluding carboxylic acids is 1. The first-order chi connectivity index (χ1) is 14.0. The number of carbonyl (C=O) groups is 1. The van der Waals surface area contributed by atoms with Gasteiger partial charge in [-0.2, -0.15) is 0 Å². The minimum atomic E-state index is -0.367. The summed E-state index contributed by atoms with van der Waals surface area (Å²) in [5.74, 6) is 0.466. The van der Waals surface area contributed by atoms with Crippen molar-refractivity contribution in [1.29, 1.82) is 0 Å². The Morgan fingerprint density at radius 3 is 2.69 bits per heavy atom. The minimum absolute atomic E-state index is 0.0439. The normalized spacial score (nSPS) is 19.6. The molecule has 2 aliphatic heterocycles. The first-order valence-electron chi connectivity index (χ1n) is 10.0. The minimum Gasteiger partial charge on any atom is -0.496 e. The average Bonchev–Trinajstić information content (AvgIpc) is 2.73. The van der Waals surface area contributed by atoms with Gasteiger partial charge in [-0.25, -0.2) is 4.39 Å². The number of benzene rings is 2. The molecule has 0 aliphatic carbocycles. The Morgan fingerprint density at radius 2 is 1.97 bits per heavy atom. The van der Waals surface area contributed by atoms with E-state index in [1.165, 1.54) is 23.3 Å². The lowest BCUT2D eigenvalue weighted by Gasteiger charge is -2.47. The van der Waals surface area contributed by atoms with Crippen molar-refractivity contribution >= 4 is 11.6 Å². The van der Waals surface area contributed by atoms with Crippen LogP contribution in [0.5, 0.6) is 5.75 Å². The number of methoxy groups -OCH3 is 1. The third-order valence-corrected chi connectivity index (χ3v) is 5.97. The largest absolute Gasteiger partial charge is 0.496 e.